The van der Waals surface area contributed by atoms with Crippen molar-refractivity contribution in [3.63, 3.8) is 0 Å². The summed E-state index contributed by atoms with van der Waals surface area (Å²) in [6.07, 6.45) is 17.7. The van der Waals surface area contributed by atoms with Gasteiger partial charge in [0.15, 0.2) is 0 Å². The van der Waals surface area contributed by atoms with E-state index in [9.17, 15) is 9.59 Å². The summed E-state index contributed by atoms with van der Waals surface area (Å²) in [4.78, 5) is 27.5. The number of amides is 2. The minimum absolute atomic E-state index is 0.183. The van der Waals surface area contributed by atoms with Crippen molar-refractivity contribution in [2.45, 2.75) is 43.9 Å². The first kappa shape index (κ1) is 23.3. The maximum Gasteiger partial charge on any atom is 0.270 e. The topological polar surface area (TPSA) is 76.1 Å². The van der Waals surface area contributed by atoms with Gasteiger partial charge in [0, 0.05) is 69.0 Å². The highest BCUT2D eigenvalue weighted by atomic mass is 32.2. The van der Waals surface area contributed by atoms with Crippen LogP contribution in [0.2, 0.25) is 0 Å². The van der Waals surface area contributed by atoms with Crippen molar-refractivity contribution in [3.05, 3.63) is 47.6 Å². The first-order valence-corrected chi connectivity index (χ1v) is 12.5. The number of carbonyl (C=O) groups is 2. The molecule has 174 valence electrons. The summed E-state index contributed by atoms with van der Waals surface area (Å²) < 4.78 is 2.31. The van der Waals surface area contributed by atoms with Gasteiger partial charge in [-0.15, -0.1) is 0 Å². The van der Waals surface area contributed by atoms with Crippen LogP contribution < -0.4 is 5.48 Å². The van der Waals surface area contributed by atoms with E-state index >= 15 is 0 Å². The highest BCUT2D eigenvalue weighted by molar-refractivity contribution is 7.97. The molecule has 32 heavy (non-hydrogen) atoms. The lowest BCUT2D eigenvalue weighted by atomic mass is 9.85. The van der Waals surface area contributed by atoms with Gasteiger partial charge in [-0.25, -0.2) is 9.79 Å². The third kappa shape index (κ3) is 5.73. The van der Waals surface area contributed by atoms with Gasteiger partial charge in [-0.05, 0) is 31.3 Å². The van der Waals surface area contributed by atoms with E-state index < -0.39 is 0 Å². The lowest BCUT2D eigenvalue weighted by Gasteiger charge is -2.38. The standard InChI is InChI=1S/C24H34N4O3S/c1-18(29)26-14-16-27(17-15-26)22-6-2-19(3-7-22)20-4-8-23(9-5-20)32-28-12-10-21(11-13-28)24(30)25-31/h2-4,6,8,10,20,22-23,31H,5,7,9,11-17H2,1H3,(H,25,30). The molecule has 8 heteroatoms. The van der Waals surface area contributed by atoms with Crippen LogP contribution in [0.4, 0.5) is 0 Å². The normalized spacial score (nSPS) is 29.4. The highest BCUT2D eigenvalue weighted by Crippen LogP contribution is 2.34. The molecule has 3 atom stereocenters. The van der Waals surface area contributed by atoms with E-state index in [2.05, 4.69) is 39.6 Å². The van der Waals surface area contributed by atoms with Gasteiger partial charge in [0.25, 0.3) is 5.91 Å². The van der Waals surface area contributed by atoms with Gasteiger partial charge in [-0.2, -0.15) is 0 Å². The molecule has 2 N–H and O–H groups in total. The van der Waals surface area contributed by atoms with Crippen molar-refractivity contribution in [1.29, 1.82) is 0 Å². The fourth-order valence-electron chi connectivity index (χ4n) is 4.92. The Labute approximate surface area is 195 Å². The minimum atomic E-state index is -0.385. The molecule has 0 radical (unpaired) electrons. The maximum absolute atomic E-state index is 11.5. The summed E-state index contributed by atoms with van der Waals surface area (Å²) in [6, 6.07) is 0.452. The van der Waals surface area contributed by atoms with Gasteiger partial charge in [0.05, 0.1) is 0 Å². The number of allylic oxidation sites excluding steroid dienone is 3. The third-order valence-electron chi connectivity index (χ3n) is 6.93. The molecule has 2 heterocycles. The van der Waals surface area contributed by atoms with Crippen molar-refractivity contribution in [3.8, 4) is 0 Å². The number of rotatable bonds is 5. The molecular formula is C24H34N4O3S. The largest absolute Gasteiger partial charge is 0.340 e. The highest BCUT2D eigenvalue weighted by Gasteiger charge is 2.26. The Bertz CT molecular complexity index is 829. The van der Waals surface area contributed by atoms with Crippen LogP contribution in [0.25, 0.3) is 0 Å². The van der Waals surface area contributed by atoms with E-state index in [1.54, 1.807) is 12.4 Å². The first-order chi connectivity index (χ1) is 15.5. The smallest absolute Gasteiger partial charge is 0.270 e. The maximum atomic E-state index is 11.5. The fourth-order valence-corrected chi connectivity index (χ4v) is 6.06. The number of hydrogen-bond donors (Lipinski definition) is 2. The minimum Gasteiger partial charge on any atom is -0.340 e. The summed E-state index contributed by atoms with van der Waals surface area (Å²) in [6.45, 7) is 6.80. The molecule has 1 fully saturated rings. The molecule has 7 nitrogen and oxygen atoms in total. The van der Waals surface area contributed by atoms with Crippen molar-refractivity contribution in [2.75, 3.05) is 39.3 Å². The predicted octanol–water partition coefficient (Wildman–Crippen LogP) is 2.53. The molecule has 0 bridgehead atoms. The van der Waals surface area contributed by atoms with Gasteiger partial charge in [-0.1, -0.05) is 48.4 Å². The van der Waals surface area contributed by atoms with E-state index in [1.807, 2.05) is 22.9 Å². The van der Waals surface area contributed by atoms with Crippen molar-refractivity contribution in [1.82, 2.24) is 19.6 Å². The molecule has 0 saturated carbocycles. The molecule has 0 aromatic carbocycles. The number of carbonyl (C=O) groups excluding carboxylic acids is 2. The number of hydrogen-bond acceptors (Lipinski definition) is 6. The second-order valence-electron chi connectivity index (χ2n) is 8.93. The quantitative estimate of drug-likeness (QED) is 0.285. The van der Waals surface area contributed by atoms with Crippen LogP contribution >= 0.6 is 11.9 Å². The average molecular weight is 459 g/mol. The fraction of sp³-hybridized carbons (Fsp3) is 0.583. The molecule has 3 unspecified atom stereocenters. The summed E-state index contributed by atoms with van der Waals surface area (Å²) in [5, 5.41) is 9.24. The number of nitrogens with one attached hydrogen (secondary N) is 1. The van der Waals surface area contributed by atoms with E-state index in [0.717, 1.165) is 58.5 Å². The average Bonchev–Trinajstić information content (AvgIpc) is 2.85. The number of nitrogens with zero attached hydrogens (tertiary/aromatic N) is 3. The van der Waals surface area contributed by atoms with Gasteiger partial charge in [-0.3, -0.25) is 19.7 Å². The molecule has 0 aromatic rings. The van der Waals surface area contributed by atoms with Gasteiger partial charge < -0.3 is 4.90 Å². The van der Waals surface area contributed by atoms with E-state index in [-0.39, 0.29) is 11.8 Å². The summed E-state index contributed by atoms with van der Waals surface area (Å²) in [7, 11) is 0. The third-order valence-corrected chi connectivity index (χ3v) is 8.23. The van der Waals surface area contributed by atoms with Crippen LogP contribution in [0.15, 0.2) is 47.6 Å². The molecular weight excluding hydrogens is 424 g/mol. The Morgan fingerprint density at radius 1 is 1.06 bits per heavy atom. The number of hydroxylamine groups is 1. The van der Waals surface area contributed by atoms with Crippen LogP contribution in [0.3, 0.4) is 0 Å². The summed E-state index contributed by atoms with van der Waals surface area (Å²) in [5.41, 5.74) is 3.82. The van der Waals surface area contributed by atoms with Crippen molar-refractivity contribution >= 4 is 23.8 Å². The van der Waals surface area contributed by atoms with E-state index in [4.69, 9.17) is 5.21 Å². The van der Waals surface area contributed by atoms with Crippen LogP contribution in [0, 0.1) is 5.92 Å². The lowest BCUT2D eigenvalue weighted by Crippen LogP contribution is -2.51. The van der Waals surface area contributed by atoms with Crippen LogP contribution in [-0.4, -0.2) is 81.7 Å². The van der Waals surface area contributed by atoms with Crippen LogP contribution in [0.5, 0.6) is 0 Å². The molecule has 2 aliphatic heterocycles. The van der Waals surface area contributed by atoms with Crippen molar-refractivity contribution < 1.29 is 14.8 Å². The van der Waals surface area contributed by atoms with Gasteiger partial charge in [0.1, 0.15) is 0 Å². The molecule has 2 aliphatic carbocycles. The Hall–Kier alpha value is -1.87. The van der Waals surface area contributed by atoms with Gasteiger partial charge >= 0.3 is 0 Å². The molecule has 0 spiro atoms. The summed E-state index contributed by atoms with van der Waals surface area (Å²) in [5.74, 6) is 0.298. The Kier molecular flexibility index (Phi) is 7.88. The van der Waals surface area contributed by atoms with Crippen molar-refractivity contribution in [2.24, 2.45) is 5.92 Å². The molecule has 1 saturated heterocycles. The van der Waals surface area contributed by atoms with Gasteiger partial charge in [0.2, 0.25) is 5.91 Å². The SMILES string of the molecule is CC(=O)N1CCN(C2C=CC(C3C=CC(SN4CC=C(C(=O)NO)CC4)CC3)=CC2)CC1. The Morgan fingerprint density at radius 3 is 2.44 bits per heavy atom. The zero-order valence-electron chi connectivity index (χ0n) is 18.8. The summed E-state index contributed by atoms with van der Waals surface area (Å²) >= 11 is 1.87. The first-order valence-electron chi connectivity index (χ1n) is 11.6. The second-order valence-corrected chi connectivity index (χ2v) is 10.3. The second kappa shape index (κ2) is 10.8. The van der Waals surface area contributed by atoms with E-state index in [0.29, 0.717) is 29.2 Å². The van der Waals surface area contributed by atoms with Crippen LogP contribution in [-0.2, 0) is 9.59 Å². The predicted molar refractivity (Wildman–Crippen MR) is 127 cm³/mol. The molecule has 4 rings (SSSR count). The number of piperazine rings is 1. The molecule has 0 aromatic heterocycles. The zero-order chi connectivity index (χ0) is 22.5. The molecule has 2 amide bonds. The molecule has 4 aliphatic rings. The Balaban J connectivity index is 1.22. The lowest BCUT2D eigenvalue weighted by molar-refractivity contribution is -0.130. The monoisotopic (exact) mass is 458 g/mol. The Morgan fingerprint density at radius 2 is 1.88 bits per heavy atom. The zero-order valence-corrected chi connectivity index (χ0v) is 19.6. The van der Waals surface area contributed by atoms with E-state index in [1.165, 1.54) is 5.57 Å². The van der Waals surface area contributed by atoms with Crippen LogP contribution in [0.1, 0.15) is 32.6 Å².